The first-order chi connectivity index (χ1) is 9.20. The molecule has 0 saturated carbocycles. The molecule has 0 radical (unpaired) electrons. The maximum absolute atomic E-state index is 12.0. The Kier molecular flexibility index (Phi) is 4.41. The van der Waals surface area contributed by atoms with Crippen molar-refractivity contribution >= 4 is 17.5 Å². The second kappa shape index (κ2) is 6.24. The summed E-state index contributed by atoms with van der Waals surface area (Å²) < 4.78 is 5.14. The van der Waals surface area contributed by atoms with Crippen LogP contribution in [0.5, 0.6) is 5.75 Å². The molecule has 100 valence electrons. The van der Waals surface area contributed by atoms with Crippen molar-refractivity contribution in [3.8, 4) is 5.75 Å². The van der Waals surface area contributed by atoms with Crippen molar-refractivity contribution in [1.82, 2.24) is 15.3 Å². The van der Waals surface area contributed by atoms with Gasteiger partial charge in [-0.05, 0) is 18.2 Å². The quantitative estimate of drug-likeness (QED) is 0.880. The number of hydrogen-bond acceptors (Lipinski definition) is 3. The Balaban J connectivity index is 1.97. The minimum absolute atomic E-state index is 0.217. The van der Waals surface area contributed by atoms with Gasteiger partial charge in [0.05, 0.1) is 12.7 Å². The predicted octanol–water partition coefficient (Wildman–Crippen LogP) is 2.04. The van der Waals surface area contributed by atoms with Crippen LogP contribution in [-0.4, -0.2) is 29.5 Å². The van der Waals surface area contributed by atoms with Crippen LogP contribution in [0.3, 0.4) is 0 Å². The zero-order valence-electron chi connectivity index (χ0n) is 10.4. The Hall–Kier alpha value is -2.01. The molecule has 0 aliphatic carbocycles. The highest BCUT2D eigenvalue weighted by Crippen LogP contribution is 2.22. The van der Waals surface area contributed by atoms with Gasteiger partial charge in [-0.3, -0.25) is 4.79 Å². The van der Waals surface area contributed by atoms with Gasteiger partial charge in [0.1, 0.15) is 11.6 Å². The number of benzene rings is 1. The van der Waals surface area contributed by atoms with E-state index in [9.17, 15) is 4.79 Å². The Morgan fingerprint density at radius 2 is 2.37 bits per heavy atom. The SMILES string of the molecule is COc1ccc(Cl)cc1C(=O)NCCc1ncc[nH]1. The van der Waals surface area contributed by atoms with Crippen molar-refractivity contribution in [2.75, 3.05) is 13.7 Å². The summed E-state index contributed by atoms with van der Waals surface area (Å²) in [4.78, 5) is 19.1. The average molecular weight is 280 g/mol. The Morgan fingerprint density at radius 3 is 3.05 bits per heavy atom. The topological polar surface area (TPSA) is 67.0 Å². The molecule has 0 fully saturated rings. The molecule has 6 heteroatoms. The molecule has 0 saturated heterocycles. The fourth-order valence-corrected chi connectivity index (χ4v) is 1.85. The van der Waals surface area contributed by atoms with Crippen LogP contribution in [0, 0.1) is 0 Å². The summed E-state index contributed by atoms with van der Waals surface area (Å²) in [5.41, 5.74) is 0.425. The molecule has 1 aromatic heterocycles. The first-order valence-corrected chi connectivity index (χ1v) is 6.18. The highest BCUT2D eigenvalue weighted by molar-refractivity contribution is 6.31. The number of carbonyl (C=O) groups excluding carboxylic acids is 1. The highest BCUT2D eigenvalue weighted by atomic mass is 35.5. The smallest absolute Gasteiger partial charge is 0.255 e. The van der Waals surface area contributed by atoms with Gasteiger partial charge in [-0.25, -0.2) is 4.98 Å². The maximum Gasteiger partial charge on any atom is 0.255 e. The van der Waals surface area contributed by atoms with E-state index in [1.165, 1.54) is 7.11 Å². The maximum atomic E-state index is 12.0. The molecule has 0 unspecified atom stereocenters. The number of H-pyrrole nitrogens is 1. The van der Waals surface area contributed by atoms with Crippen LogP contribution in [0.2, 0.25) is 5.02 Å². The molecular weight excluding hydrogens is 266 g/mol. The lowest BCUT2D eigenvalue weighted by atomic mass is 10.2. The summed E-state index contributed by atoms with van der Waals surface area (Å²) in [7, 11) is 1.52. The lowest BCUT2D eigenvalue weighted by molar-refractivity contribution is 0.0951. The first kappa shape index (κ1) is 13.4. The number of halogens is 1. The zero-order chi connectivity index (χ0) is 13.7. The standard InChI is InChI=1S/C13H14ClN3O2/c1-19-11-3-2-9(14)8-10(11)13(18)17-5-4-12-15-6-7-16-12/h2-3,6-8H,4-5H2,1H3,(H,15,16)(H,17,18). The summed E-state index contributed by atoms with van der Waals surface area (Å²) in [6.07, 6.45) is 4.07. The number of nitrogens with zero attached hydrogens (tertiary/aromatic N) is 1. The summed E-state index contributed by atoms with van der Waals surface area (Å²) in [5.74, 6) is 1.11. The molecule has 0 bridgehead atoms. The molecular formula is C13H14ClN3O2. The van der Waals surface area contributed by atoms with Crippen LogP contribution in [0.25, 0.3) is 0 Å². The van der Waals surface area contributed by atoms with Crippen LogP contribution >= 0.6 is 11.6 Å². The molecule has 0 aliphatic heterocycles. The molecule has 2 N–H and O–H groups in total. The number of ether oxygens (including phenoxy) is 1. The number of hydrogen-bond donors (Lipinski definition) is 2. The fraction of sp³-hybridized carbons (Fsp3) is 0.231. The monoisotopic (exact) mass is 279 g/mol. The van der Waals surface area contributed by atoms with Crippen LogP contribution in [0.1, 0.15) is 16.2 Å². The van der Waals surface area contributed by atoms with Gasteiger partial charge in [0.15, 0.2) is 0 Å². The van der Waals surface area contributed by atoms with Gasteiger partial charge >= 0.3 is 0 Å². The molecule has 0 spiro atoms. The van der Waals surface area contributed by atoms with Gasteiger partial charge in [0, 0.05) is 30.4 Å². The minimum atomic E-state index is -0.217. The number of rotatable bonds is 5. The Morgan fingerprint density at radius 1 is 1.53 bits per heavy atom. The van der Waals surface area contributed by atoms with Crippen molar-refractivity contribution in [3.63, 3.8) is 0 Å². The minimum Gasteiger partial charge on any atom is -0.496 e. The van der Waals surface area contributed by atoms with Crippen LogP contribution in [-0.2, 0) is 6.42 Å². The third-order valence-electron chi connectivity index (χ3n) is 2.61. The number of aromatic amines is 1. The predicted molar refractivity (Wildman–Crippen MR) is 72.6 cm³/mol. The molecule has 2 rings (SSSR count). The number of methoxy groups -OCH3 is 1. The van der Waals surface area contributed by atoms with Crippen LogP contribution in [0.15, 0.2) is 30.6 Å². The fourth-order valence-electron chi connectivity index (χ4n) is 1.68. The van der Waals surface area contributed by atoms with Crippen LogP contribution in [0.4, 0.5) is 0 Å². The van der Waals surface area contributed by atoms with E-state index in [0.29, 0.717) is 29.3 Å². The summed E-state index contributed by atoms with van der Waals surface area (Å²) in [6, 6.07) is 4.94. The van der Waals surface area contributed by atoms with E-state index < -0.39 is 0 Å². The summed E-state index contributed by atoms with van der Waals surface area (Å²) >= 11 is 5.88. The molecule has 19 heavy (non-hydrogen) atoms. The van der Waals surface area contributed by atoms with Gasteiger partial charge in [0.25, 0.3) is 5.91 Å². The van der Waals surface area contributed by atoms with E-state index >= 15 is 0 Å². The van der Waals surface area contributed by atoms with Gasteiger partial charge in [-0.1, -0.05) is 11.6 Å². The molecule has 5 nitrogen and oxygen atoms in total. The number of amides is 1. The second-order valence-corrected chi connectivity index (χ2v) is 4.32. The van der Waals surface area contributed by atoms with Crippen molar-refractivity contribution in [2.45, 2.75) is 6.42 Å². The molecule has 1 heterocycles. The largest absolute Gasteiger partial charge is 0.496 e. The number of aromatic nitrogens is 2. The lowest BCUT2D eigenvalue weighted by Crippen LogP contribution is -2.26. The van der Waals surface area contributed by atoms with E-state index in [1.54, 1.807) is 30.6 Å². The third kappa shape index (κ3) is 3.48. The normalized spacial score (nSPS) is 10.2. The van der Waals surface area contributed by atoms with Crippen molar-refractivity contribution < 1.29 is 9.53 Å². The van der Waals surface area contributed by atoms with E-state index in [-0.39, 0.29) is 5.91 Å². The van der Waals surface area contributed by atoms with E-state index in [4.69, 9.17) is 16.3 Å². The van der Waals surface area contributed by atoms with Crippen molar-refractivity contribution in [2.24, 2.45) is 0 Å². The summed E-state index contributed by atoms with van der Waals surface area (Å²) in [6.45, 7) is 0.488. The highest BCUT2D eigenvalue weighted by Gasteiger charge is 2.12. The molecule has 1 amide bonds. The van der Waals surface area contributed by atoms with E-state index in [2.05, 4.69) is 15.3 Å². The zero-order valence-corrected chi connectivity index (χ0v) is 11.2. The van der Waals surface area contributed by atoms with Crippen molar-refractivity contribution in [3.05, 3.63) is 47.0 Å². The summed E-state index contributed by atoms with van der Waals surface area (Å²) in [5, 5.41) is 3.30. The third-order valence-corrected chi connectivity index (χ3v) is 2.84. The molecule has 2 aromatic rings. The first-order valence-electron chi connectivity index (χ1n) is 5.80. The Labute approximate surface area is 116 Å². The van der Waals surface area contributed by atoms with Gasteiger partial charge in [0.2, 0.25) is 0 Å². The van der Waals surface area contributed by atoms with Crippen molar-refractivity contribution in [1.29, 1.82) is 0 Å². The second-order valence-electron chi connectivity index (χ2n) is 3.89. The Bertz CT molecular complexity index is 555. The number of carbonyl (C=O) groups is 1. The van der Waals surface area contributed by atoms with Gasteiger partial charge < -0.3 is 15.0 Å². The van der Waals surface area contributed by atoms with Gasteiger partial charge in [-0.15, -0.1) is 0 Å². The average Bonchev–Trinajstić information content (AvgIpc) is 2.91. The van der Waals surface area contributed by atoms with Crippen LogP contribution < -0.4 is 10.1 Å². The number of nitrogens with one attached hydrogen (secondary N) is 2. The van der Waals surface area contributed by atoms with E-state index in [1.807, 2.05) is 0 Å². The molecule has 1 aromatic carbocycles. The number of imidazole rings is 1. The molecule has 0 atom stereocenters. The molecule has 0 aliphatic rings. The lowest BCUT2D eigenvalue weighted by Gasteiger charge is -2.09. The van der Waals surface area contributed by atoms with E-state index in [0.717, 1.165) is 5.82 Å². The van der Waals surface area contributed by atoms with Gasteiger partial charge in [-0.2, -0.15) is 0 Å².